The number of anilines is 1. The number of carbonyl (C=O) groups is 2. The van der Waals surface area contributed by atoms with Gasteiger partial charge in [-0.05, 0) is 41.7 Å². The van der Waals surface area contributed by atoms with Gasteiger partial charge in [0.2, 0.25) is 0 Å². The molecule has 2 amide bonds. The predicted octanol–water partition coefficient (Wildman–Crippen LogP) is 3.78. The molecule has 3 aromatic rings. The Hall–Kier alpha value is -4.37. The van der Waals surface area contributed by atoms with E-state index in [9.17, 15) is 35.9 Å². The number of amides is 2. The number of hydrogen-bond acceptors (Lipinski definition) is 6. The molecule has 0 unspecified atom stereocenters. The summed E-state index contributed by atoms with van der Waals surface area (Å²) in [6.07, 6.45) is -9.37. The van der Waals surface area contributed by atoms with Crippen molar-refractivity contribution in [3.8, 4) is 23.0 Å². The average molecular weight is 563 g/mol. The summed E-state index contributed by atoms with van der Waals surface area (Å²) in [5.74, 6) is -7.67. The van der Waals surface area contributed by atoms with Crippen LogP contribution in [0.2, 0.25) is 0 Å². The van der Waals surface area contributed by atoms with Crippen molar-refractivity contribution in [2.45, 2.75) is 17.8 Å². The quantitative estimate of drug-likeness (QED) is 0.319. The average Bonchev–Trinajstić information content (AvgIpc) is 2.78. The van der Waals surface area contributed by atoms with Gasteiger partial charge in [-0.3, -0.25) is 14.6 Å². The van der Waals surface area contributed by atoms with E-state index in [1.165, 1.54) is 0 Å². The van der Waals surface area contributed by atoms with E-state index < -0.39 is 69.6 Å². The van der Waals surface area contributed by atoms with E-state index in [-0.39, 0.29) is 17.4 Å². The number of nitrogens with one attached hydrogen (secondary N) is 1. The van der Waals surface area contributed by atoms with Gasteiger partial charge in [0, 0.05) is 18.0 Å². The van der Waals surface area contributed by atoms with Gasteiger partial charge in [-0.1, -0.05) is 0 Å². The molecule has 0 atom stereocenters. The SMILES string of the molecule is [B]C([B])([B])Oc1cc(OC(F)(F)F)ccc1Oc1ccc(C(F)(F)F)c(F)c1C(=O)Nc1ccnc(C(N)=O)c1. The summed E-state index contributed by atoms with van der Waals surface area (Å²) in [5.41, 5.74) is 1.40. The van der Waals surface area contributed by atoms with Crippen LogP contribution in [0.5, 0.6) is 23.0 Å². The third kappa shape index (κ3) is 7.83. The lowest BCUT2D eigenvalue weighted by Gasteiger charge is -2.25. The van der Waals surface area contributed by atoms with Crippen molar-refractivity contribution < 1.29 is 54.5 Å². The number of alkyl halides is 6. The third-order valence-electron chi connectivity index (χ3n) is 4.56. The molecule has 0 saturated heterocycles. The van der Waals surface area contributed by atoms with E-state index in [1.807, 2.05) is 0 Å². The van der Waals surface area contributed by atoms with Crippen molar-refractivity contribution in [2.75, 3.05) is 5.32 Å². The molecule has 0 aliphatic heterocycles. The molecule has 0 aliphatic carbocycles. The van der Waals surface area contributed by atoms with E-state index in [0.29, 0.717) is 18.2 Å². The molecule has 40 heavy (non-hydrogen) atoms. The zero-order valence-electron chi connectivity index (χ0n) is 19.6. The lowest BCUT2D eigenvalue weighted by Crippen LogP contribution is -2.37. The van der Waals surface area contributed by atoms with E-state index >= 15 is 4.39 Å². The topological polar surface area (TPSA) is 113 Å². The van der Waals surface area contributed by atoms with Gasteiger partial charge in [0.25, 0.3) is 11.8 Å². The monoisotopic (exact) mass is 563 g/mol. The summed E-state index contributed by atoms with van der Waals surface area (Å²) in [7, 11) is 16.0. The lowest BCUT2D eigenvalue weighted by molar-refractivity contribution is -0.274. The molecule has 0 bridgehead atoms. The maximum Gasteiger partial charge on any atom is 0.573 e. The highest BCUT2D eigenvalue weighted by Crippen LogP contribution is 2.41. The van der Waals surface area contributed by atoms with Gasteiger partial charge < -0.3 is 25.3 Å². The molecule has 3 rings (SSSR count). The van der Waals surface area contributed by atoms with Gasteiger partial charge >= 0.3 is 12.5 Å². The molecule has 0 aliphatic rings. The standard InChI is InChI=1S/C22H11B3F7N3O5/c23-21(24,25)40-15-8-10(39-22(30,31)32)1-3-13(15)38-14-4-2-11(20(27,28)29)17(26)16(14)19(37)35-9-5-6-34-12(7-9)18(33)36/h1-8H,(H2,33,36)(H,34,35,37). The number of carbonyl (C=O) groups excluding carboxylic acids is 2. The Labute approximate surface area is 224 Å². The summed E-state index contributed by atoms with van der Waals surface area (Å²) in [5, 5.41) is -0.437. The molecule has 0 saturated carbocycles. The molecule has 3 N–H and O–H groups in total. The Bertz CT molecular complexity index is 1450. The number of halogens is 7. The van der Waals surface area contributed by atoms with Crippen LogP contribution in [0.4, 0.5) is 36.4 Å². The molecule has 2 aromatic carbocycles. The minimum absolute atomic E-state index is 0.214. The molecule has 0 spiro atoms. The van der Waals surface area contributed by atoms with Gasteiger partial charge in [-0.25, -0.2) is 4.39 Å². The first kappa shape index (κ1) is 30.2. The number of aromatic nitrogens is 1. The molecular formula is C22H11B3F7N3O5. The number of primary amides is 1. The highest BCUT2D eigenvalue weighted by molar-refractivity contribution is 6.58. The van der Waals surface area contributed by atoms with Crippen molar-refractivity contribution >= 4 is 41.0 Å². The zero-order chi connectivity index (χ0) is 30.0. The van der Waals surface area contributed by atoms with Crippen LogP contribution in [0.25, 0.3) is 0 Å². The fraction of sp³-hybridized carbons (Fsp3) is 0.136. The van der Waals surface area contributed by atoms with Crippen LogP contribution in [0.1, 0.15) is 26.4 Å². The van der Waals surface area contributed by atoms with E-state index in [0.717, 1.165) is 24.4 Å². The van der Waals surface area contributed by atoms with Gasteiger partial charge in [-0.15, -0.1) is 13.2 Å². The first-order valence-electron chi connectivity index (χ1n) is 10.4. The molecular weight excluding hydrogens is 552 g/mol. The van der Waals surface area contributed by atoms with Crippen LogP contribution in [0.15, 0.2) is 48.7 Å². The fourth-order valence-corrected chi connectivity index (χ4v) is 3.07. The largest absolute Gasteiger partial charge is 0.573 e. The Morgan fingerprint density at radius 2 is 1.52 bits per heavy atom. The summed E-state index contributed by atoms with van der Waals surface area (Å²) < 4.78 is 107. The minimum Gasteiger partial charge on any atom is -0.512 e. The van der Waals surface area contributed by atoms with Crippen LogP contribution < -0.4 is 25.3 Å². The summed E-state index contributed by atoms with van der Waals surface area (Å²) in [6.45, 7) is 0. The number of benzene rings is 2. The summed E-state index contributed by atoms with van der Waals surface area (Å²) in [6, 6.07) is 4.91. The number of rotatable bonds is 8. The van der Waals surface area contributed by atoms with Gasteiger partial charge in [0.1, 0.15) is 46.3 Å². The van der Waals surface area contributed by atoms with E-state index in [4.69, 9.17) is 38.7 Å². The van der Waals surface area contributed by atoms with Crippen LogP contribution in [-0.4, -0.2) is 52.0 Å². The number of ether oxygens (including phenoxy) is 3. The number of pyridine rings is 1. The van der Waals surface area contributed by atoms with Crippen LogP contribution in [0, 0.1) is 5.82 Å². The number of nitrogens with two attached hydrogens (primary N) is 1. The minimum atomic E-state index is -5.25. The third-order valence-corrected chi connectivity index (χ3v) is 4.56. The molecule has 1 heterocycles. The summed E-state index contributed by atoms with van der Waals surface area (Å²) >= 11 is 0. The van der Waals surface area contributed by atoms with Crippen LogP contribution in [-0.2, 0) is 6.18 Å². The summed E-state index contributed by atoms with van der Waals surface area (Å²) in [4.78, 5) is 27.9. The van der Waals surface area contributed by atoms with Crippen molar-refractivity contribution in [2.24, 2.45) is 5.73 Å². The molecule has 1 aromatic heterocycles. The zero-order valence-corrected chi connectivity index (χ0v) is 19.6. The normalized spacial score (nSPS) is 12.0. The van der Waals surface area contributed by atoms with Crippen molar-refractivity contribution in [1.29, 1.82) is 0 Å². The van der Waals surface area contributed by atoms with Gasteiger partial charge in [0.05, 0.1) is 5.56 Å². The van der Waals surface area contributed by atoms with Crippen LogP contribution >= 0.6 is 0 Å². The van der Waals surface area contributed by atoms with Crippen LogP contribution in [0.3, 0.4) is 0 Å². The maximum atomic E-state index is 15.1. The number of nitrogens with zero attached hydrogens (tertiary/aromatic N) is 1. The maximum absolute atomic E-state index is 15.1. The second-order valence-electron chi connectivity index (χ2n) is 7.76. The lowest BCUT2D eigenvalue weighted by atomic mass is 9.52. The molecule has 0 fully saturated rings. The van der Waals surface area contributed by atoms with Crippen molar-refractivity contribution in [3.05, 3.63) is 71.3 Å². The first-order chi connectivity index (χ1) is 18.3. The Morgan fingerprint density at radius 3 is 2.10 bits per heavy atom. The highest BCUT2D eigenvalue weighted by atomic mass is 19.4. The van der Waals surface area contributed by atoms with Gasteiger partial charge in [-0.2, -0.15) is 13.2 Å². The highest BCUT2D eigenvalue weighted by Gasteiger charge is 2.38. The van der Waals surface area contributed by atoms with Crippen molar-refractivity contribution in [3.63, 3.8) is 0 Å². The van der Waals surface area contributed by atoms with E-state index in [1.54, 1.807) is 0 Å². The Kier molecular flexibility index (Phi) is 8.31. The number of hydrogen-bond donors (Lipinski definition) is 2. The van der Waals surface area contributed by atoms with Crippen molar-refractivity contribution in [1.82, 2.24) is 4.98 Å². The van der Waals surface area contributed by atoms with E-state index in [2.05, 4.69) is 15.0 Å². The van der Waals surface area contributed by atoms with Gasteiger partial charge in [0.15, 0.2) is 17.3 Å². The second-order valence-corrected chi connectivity index (χ2v) is 7.76. The second kappa shape index (κ2) is 11.0. The first-order valence-corrected chi connectivity index (χ1v) is 10.4. The molecule has 8 nitrogen and oxygen atoms in total. The Balaban J connectivity index is 2.11. The smallest absolute Gasteiger partial charge is 0.512 e. The Morgan fingerprint density at radius 1 is 0.875 bits per heavy atom. The molecule has 6 radical (unpaired) electrons. The molecule has 18 heteroatoms. The molecule has 202 valence electrons. The predicted molar refractivity (Wildman–Crippen MR) is 126 cm³/mol. The fourth-order valence-electron chi connectivity index (χ4n) is 3.07.